The number of methoxy groups -OCH3 is 1. The van der Waals surface area contributed by atoms with Crippen LogP contribution in [0.2, 0.25) is 0 Å². The lowest BCUT2D eigenvalue weighted by atomic mass is 9.85. The lowest BCUT2D eigenvalue weighted by molar-refractivity contribution is 0.0590. The highest BCUT2D eigenvalue weighted by atomic mass is 32.2. The van der Waals surface area contributed by atoms with Gasteiger partial charge in [-0.1, -0.05) is 0 Å². The maximum absolute atomic E-state index is 12.5. The van der Waals surface area contributed by atoms with Crippen LogP contribution < -0.4 is 4.72 Å². The minimum atomic E-state index is -3.75. The molecule has 0 spiro atoms. The number of carbonyl (C=O) groups excluding carboxylic acids is 1. The molecule has 1 unspecified atom stereocenters. The molecule has 0 aromatic carbocycles. The molecule has 0 aliphatic carbocycles. The highest BCUT2D eigenvalue weighted by molar-refractivity contribution is 7.91. The van der Waals surface area contributed by atoms with Crippen LogP contribution >= 0.6 is 11.3 Å². The molecule has 9 heteroatoms. The number of nitrogens with one attached hydrogen (secondary N) is 1. The van der Waals surface area contributed by atoms with E-state index < -0.39 is 16.0 Å². The number of carbonyl (C=O) groups is 1. The Morgan fingerprint density at radius 1 is 1.48 bits per heavy atom. The first-order valence-electron chi connectivity index (χ1n) is 6.78. The van der Waals surface area contributed by atoms with Crippen LogP contribution in [0, 0.1) is 5.92 Å². The molecule has 21 heavy (non-hydrogen) atoms. The van der Waals surface area contributed by atoms with Crippen LogP contribution in [0.25, 0.3) is 0 Å². The number of hydrogen-bond donors (Lipinski definition) is 1. The van der Waals surface area contributed by atoms with Crippen molar-refractivity contribution in [3.8, 4) is 0 Å². The lowest BCUT2D eigenvalue weighted by Gasteiger charge is -2.44. The molecule has 3 fully saturated rings. The summed E-state index contributed by atoms with van der Waals surface area (Å²) >= 11 is 0.933. The highest BCUT2D eigenvalue weighted by Gasteiger charge is 2.38. The van der Waals surface area contributed by atoms with E-state index in [-0.39, 0.29) is 15.9 Å². The second-order valence-corrected chi connectivity index (χ2v) is 8.11. The van der Waals surface area contributed by atoms with Gasteiger partial charge in [-0.2, -0.15) is 0 Å². The SMILES string of the molecule is COC(=O)c1ncsc1S(=O)(=O)NC1CN2CCC1CC2. The van der Waals surface area contributed by atoms with Crippen LogP contribution in [0.1, 0.15) is 23.3 Å². The molecule has 1 atom stereocenters. The van der Waals surface area contributed by atoms with Crippen LogP contribution in [0.15, 0.2) is 9.72 Å². The van der Waals surface area contributed by atoms with Crippen molar-refractivity contribution in [2.24, 2.45) is 5.92 Å². The summed E-state index contributed by atoms with van der Waals surface area (Å²) < 4.78 is 32.3. The standard InChI is InChI=1S/C12H17N3O4S2/c1-19-11(16)10-12(20-7-13-10)21(17,18)14-9-6-15-4-2-8(9)3-5-15/h7-9,14H,2-6H2,1H3. The van der Waals surface area contributed by atoms with Gasteiger partial charge in [0, 0.05) is 12.6 Å². The number of nitrogens with zero attached hydrogens (tertiary/aromatic N) is 2. The molecule has 116 valence electrons. The minimum Gasteiger partial charge on any atom is -0.464 e. The van der Waals surface area contributed by atoms with E-state index in [1.54, 1.807) is 0 Å². The summed E-state index contributed by atoms with van der Waals surface area (Å²) in [5, 5.41) is 0. The minimum absolute atomic E-state index is 0.0641. The van der Waals surface area contributed by atoms with Gasteiger partial charge in [0.2, 0.25) is 0 Å². The predicted molar refractivity (Wildman–Crippen MR) is 76.7 cm³/mol. The third-order valence-electron chi connectivity index (χ3n) is 4.12. The second-order valence-electron chi connectivity index (χ2n) is 5.35. The molecule has 1 N–H and O–H groups in total. The molecule has 0 radical (unpaired) electrons. The van der Waals surface area contributed by atoms with E-state index in [2.05, 4.69) is 19.3 Å². The molecule has 3 aliphatic rings. The predicted octanol–water partition coefficient (Wildman–Crippen LogP) is 0.302. The summed E-state index contributed by atoms with van der Waals surface area (Å²) in [6, 6.07) is -0.0925. The van der Waals surface area contributed by atoms with Gasteiger partial charge in [0.1, 0.15) is 0 Å². The zero-order chi connectivity index (χ0) is 15.0. The van der Waals surface area contributed by atoms with Crippen LogP contribution in [0.5, 0.6) is 0 Å². The fourth-order valence-electron chi connectivity index (χ4n) is 3.01. The molecule has 0 saturated carbocycles. The van der Waals surface area contributed by atoms with Crippen LogP contribution in [-0.4, -0.2) is 57.1 Å². The topological polar surface area (TPSA) is 88.6 Å². The van der Waals surface area contributed by atoms with Gasteiger partial charge in [0.25, 0.3) is 10.0 Å². The number of sulfonamides is 1. The van der Waals surface area contributed by atoms with Gasteiger partial charge in [0.05, 0.1) is 12.6 Å². The molecule has 2 bridgehead atoms. The van der Waals surface area contributed by atoms with Crippen molar-refractivity contribution >= 4 is 27.3 Å². The van der Waals surface area contributed by atoms with E-state index in [1.807, 2.05) is 0 Å². The highest BCUT2D eigenvalue weighted by Crippen LogP contribution is 2.29. The van der Waals surface area contributed by atoms with Crippen molar-refractivity contribution in [1.29, 1.82) is 0 Å². The van der Waals surface area contributed by atoms with Crippen molar-refractivity contribution in [1.82, 2.24) is 14.6 Å². The van der Waals surface area contributed by atoms with E-state index in [0.29, 0.717) is 5.92 Å². The zero-order valence-corrected chi connectivity index (χ0v) is 13.2. The molecular formula is C12H17N3O4S2. The summed E-state index contributed by atoms with van der Waals surface area (Å²) in [5.74, 6) is -0.357. The maximum Gasteiger partial charge on any atom is 0.358 e. The maximum atomic E-state index is 12.5. The molecule has 1 aromatic rings. The summed E-state index contributed by atoms with van der Waals surface area (Å²) in [6.07, 6.45) is 2.03. The summed E-state index contributed by atoms with van der Waals surface area (Å²) in [7, 11) is -2.54. The number of aromatic nitrogens is 1. The zero-order valence-electron chi connectivity index (χ0n) is 11.6. The van der Waals surface area contributed by atoms with Gasteiger partial charge in [-0.25, -0.2) is 22.9 Å². The first-order chi connectivity index (χ1) is 10.0. The number of esters is 1. The molecular weight excluding hydrogens is 314 g/mol. The van der Waals surface area contributed by atoms with Crippen LogP contribution in [0.4, 0.5) is 0 Å². The van der Waals surface area contributed by atoms with E-state index in [9.17, 15) is 13.2 Å². The van der Waals surface area contributed by atoms with Crippen molar-refractivity contribution in [2.75, 3.05) is 26.7 Å². The van der Waals surface area contributed by atoms with Gasteiger partial charge in [-0.15, -0.1) is 11.3 Å². The largest absolute Gasteiger partial charge is 0.464 e. The van der Waals surface area contributed by atoms with E-state index in [0.717, 1.165) is 43.8 Å². The van der Waals surface area contributed by atoms with Crippen LogP contribution in [0.3, 0.4) is 0 Å². The van der Waals surface area contributed by atoms with Crippen molar-refractivity contribution in [3.63, 3.8) is 0 Å². The normalized spacial score (nSPS) is 28.5. The van der Waals surface area contributed by atoms with Gasteiger partial charge in [0.15, 0.2) is 9.90 Å². The fourth-order valence-corrected chi connectivity index (χ4v) is 5.46. The van der Waals surface area contributed by atoms with Gasteiger partial charge < -0.3 is 9.64 Å². The van der Waals surface area contributed by atoms with Gasteiger partial charge in [-0.3, -0.25) is 0 Å². The van der Waals surface area contributed by atoms with E-state index in [4.69, 9.17) is 0 Å². The Morgan fingerprint density at radius 2 is 2.19 bits per heavy atom. The Morgan fingerprint density at radius 3 is 2.76 bits per heavy atom. The quantitative estimate of drug-likeness (QED) is 0.799. The number of thiazole rings is 1. The van der Waals surface area contributed by atoms with Gasteiger partial charge in [-0.05, 0) is 31.8 Å². The van der Waals surface area contributed by atoms with Crippen molar-refractivity contribution in [2.45, 2.75) is 23.1 Å². The smallest absolute Gasteiger partial charge is 0.358 e. The van der Waals surface area contributed by atoms with Crippen molar-refractivity contribution in [3.05, 3.63) is 11.2 Å². The number of piperidine rings is 3. The van der Waals surface area contributed by atoms with E-state index >= 15 is 0 Å². The molecule has 0 amide bonds. The number of ether oxygens (including phenoxy) is 1. The summed E-state index contributed by atoms with van der Waals surface area (Å²) in [6.45, 7) is 2.81. The first-order valence-corrected chi connectivity index (χ1v) is 9.14. The summed E-state index contributed by atoms with van der Waals surface area (Å²) in [4.78, 5) is 17.7. The van der Waals surface area contributed by atoms with Crippen LogP contribution in [-0.2, 0) is 14.8 Å². The third-order valence-corrected chi connectivity index (χ3v) is 6.98. The number of hydrogen-bond acceptors (Lipinski definition) is 7. The average molecular weight is 331 g/mol. The third kappa shape index (κ3) is 2.83. The van der Waals surface area contributed by atoms with Gasteiger partial charge >= 0.3 is 5.97 Å². The molecule has 4 heterocycles. The van der Waals surface area contributed by atoms with Crippen molar-refractivity contribution < 1.29 is 17.9 Å². The lowest BCUT2D eigenvalue weighted by Crippen LogP contribution is -2.57. The number of rotatable bonds is 4. The molecule has 4 rings (SSSR count). The van der Waals surface area contributed by atoms with E-state index in [1.165, 1.54) is 12.6 Å². The first kappa shape index (κ1) is 14.9. The Balaban J connectivity index is 1.81. The molecule has 1 aromatic heterocycles. The molecule has 3 saturated heterocycles. The Labute approximate surface area is 127 Å². The Kier molecular flexibility index (Phi) is 4.00. The fraction of sp³-hybridized carbons (Fsp3) is 0.667. The molecule has 3 aliphatic heterocycles. The monoisotopic (exact) mass is 331 g/mol. The molecule has 7 nitrogen and oxygen atoms in total. The summed E-state index contributed by atoms with van der Waals surface area (Å²) in [5.41, 5.74) is 1.20. The Bertz CT molecular complexity index is 635. The Hall–Kier alpha value is -1.03. The average Bonchev–Trinajstić information content (AvgIpc) is 2.97. The second kappa shape index (κ2) is 5.64. The number of fused-ring (bicyclic) bond motifs is 3.